The van der Waals surface area contributed by atoms with Crippen molar-refractivity contribution in [1.29, 1.82) is 0 Å². The number of fused-ring (bicyclic) bond motifs is 3. The Morgan fingerprint density at radius 2 is 1.68 bits per heavy atom. The van der Waals surface area contributed by atoms with Crippen LogP contribution in [-0.4, -0.2) is 55.0 Å². The fraction of sp³-hybridized carbons (Fsp3) is 0.348. The predicted octanol–water partition coefficient (Wildman–Crippen LogP) is 2.13. The Labute approximate surface area is 179 Å². The van der Waals surface area contributed by atoms with E-state index in [4.69, 9.17) is 14.6 Å². The number of aliphatic carboxylic acids is 1. The van der Waals surface area contributed by atoms with Gasteiger partial charge in [-0.3, -0.25) is 9.59 Å². The van der Waals surface area contributed by atoms with Gasteiger partial charge in [0.25, 0.3) is 0 Å². The van der Waals surface area contributed by atoms with Crippen molar-refractivity contribution in [3.8, 4) is 11.1 Å². The molecule has 0 aromatic heterocycles. The van der Waals surface area contributed by atoms with Gasteiger partial charge in [-0.25, -0.2) is 4.79 Å². The van der Waals surface area contributed by atoms with Crippen LogP contribution in [0.3, 0.4) is 0 Å². The smallest absolute Gasteiger partial charge is 0.407 e. The number of ether oxygens (including phenoxy) is 2. The summed E-state index contributed by atoms with van der Waals surface area (Å²) >= 11 is 0. The molecule has 0 spiro atoms. The van der Waals surface area contributed by atoms with Crippen molar-refractivity contribution in [2.75, 3.05) is 19.8 Å². The topological polar surface area (TPSA) is 114 Å². The van der Waals surface area contributed by atoms with Gasteiger partial charge in [0.1, 0.15) is 12.6 Å². The lowest BCUT2D eigenvalue weighted by Crippen LogP contribution is -2.49. The summed E-state index contributed by atoms with van der Waals surface area (Å²) in [6.07, 6.45) is -0.638. The van der Waals surface area contributed by atoms with E-state index in [0.717, 1.165) is 22.3 Å². The summed E-state index contributed by atoms with van der Waals surface area (Å²) in [7, 11) is 0. The number of carbonyl (C=O) groups is 3. The summed E-state index contributed by atoms with van der Waals surface area (Å²) < 4.78 is 10.8. The number of carboxylic acids is 1. The molecule has 0 radical (unpaired) electrons. The van der Waals surface area contributed by atoms with Crippen LogP contribution >= 0.6 is 0 Å². The van der Waals surface area contributed by atoms with Gasteiger partial charge >= 0.3 is 12.1 Å². The SMILES string of the molecule is CC(NC(=O)C1COCC1NC(=O)OCC1c2ccccc2-c2ccccc21)C(=O)O. The minimum absolute atomic E-state index is 0.0616. The molecule has 2 aliphatic rings. The quantitative estimate of drug-likeness (QED) is 0.655. The van der Waals surface area contributed by atoms with Gasteiger partial charge in [0.15, 0.2) is 0 Å². The molecule has 2 aromatic rings. The standard InChI is InChI=1S/C23H24N2O6/c1-13(22(27)28)24-21(26)19-10-30-12-20(19)25-23(29)31-11-18-16-8-4-2-6-14(16)15-7-3-5-9-17(15)18/h2-9,13,18-20H,10-12H2,1H3,(H,24,26)(H,25,29)(H,27,28). The van der Waals surface area contributed by atoms with Crippen molar-refractivity contribution in [3.05, 3.63) is 59.7 Å². The number of hydrogen-bond acceptors (Lipinski definition) is 5. The number of carbonyl (C=O) groups excluding carboxylic acids is 2. The summed E-state index contributed by atoms with van der Waals surface area (Å²) in [5, 5.41) is 14.1. The molecule has 1 fully saturated rings. The second kappa shape index (κ2) is 8.77. The van der Waals surface area contributed by atoms with E-state index in [1.54, 1.807) is 0 Å². The maximum atomic E-state index is 12.5. The van der Waals surface area contributed by atoms with E-state index in [-0.39, 0.29) is 25.7 Å². The molecule has 3 atom stereocenters. The molecule has 1 saturated heterocycles. The van der Waals surface area contributed by atoms with Crippen LogP contribution in [0.15, 0.2) is 48.5 Å². The van der Waals surface area contributed by atoms with Crippen molar-refractivity contribution in [2.45, 2.75) is 24.9 Å². The number of alkyl carbamates (subject to hydrolysis) is 1. The predicted molar refractivity (Wildman–Crippen MR) is 112 cm³/mol. The van der Waals surface area contributed by atoms with Gasteiger partial charge in [0.05, 0.1) is 25.2 Å². The zero-order valence-electron chi connectivity index (χ0n) is 17.0. The maximum Gasteiger partial charge on any atom is 0.407 e. The Kier molecular flexibility index (Phi) is 5.90. The first-order valence-electron chi connectivity index (χ1n) is 10.2. The van der Waals surface area contributed by atoms with Gasteiger partial charge in [0, 0.05) is 5.92 Å². The molecule has 3 unspecified atom stereocenters. The lowest BCUT2D eigenvalue weighted by Gasteiger charge is -2.20. The Morgan fingerprint density at radius 3 is 2.29 bits per heavy atom. The molecule has 8 heteroatoms. The molecule has 8 nitrogen and oxygen atoms in total. The molecule has 0 saturated carbocycles. The molecule has 31 heavy (non-hydrogen) atoms. The fourth-order valence-corrected chi connectivity index (χ4v) is 4.13. The third-order valence-electron chi connectivity index (χ3n) is 5.79. The van der Waals surface area contributed by atoms with E-state index < -0.39 is 36.0 Å². The van der Waals surface area contributed by atoms with Crippen molar-refractivity contribution < 1.29 is 29.0 Å². The summed E-state index contributed by atoms with van der Waals surface area (Å²) in [6, 6.07) is 14.5. The molecule has 2 aromatic carbocycles. The van der Waals surface area contributed by atoms with Crippen molar-refractivity contribution >= 4 is 18.0 Å². The zero-order chi connectivity index (χ0) is 22.0. The van der Waals surface area contributed by atoms with E-state index in [1.165, 1.54) is 6.92 Å². The Balaban J connectivity index is 1.37. The van der Waals surface area contributed by atoms with E-state index in [0.29, 0.717) is 0 Å². The number of amides is 2. The molecule has 162 valence electrons. The highest BCUT2D eigenvalue weighted by molar-refractivity contribution is 5.86. The van der Waals surface area contributed by atoms with Crippen molar-refractivity contribution in [2.24, 2.45) is 5.92 Å². The summed E-state index contributed by atoms with van der Waals surface area (Å²) in [5.41, 5.74) is 4.50. The minimum Gasteiger partial charge on any atom is -0.480 e. The molecule has 2 amide bonds. The highest BCUT2D eigenvalue weighted by Gasteiger charge is 2.37. The minimum atomic E-state index is -1.13. The summed E-state index contributed by atoms with van der Waals surface area (Å²) in [4.78, 5) is 35.8. The van der Waals surface area contributed by atoms with Gasteiger partial charge in [-0.05, 0) is 29.2 Å². The van der Waals surface area contributed by atoms with Crippen LogP contribution in [0.1, 0.15) is 24.0 Å². The van der Waals surface area contributed by atoms with Gasteiger partial charge in [-0.1, -0.05) is 48.5 Å². The van der Waals surface area contributed by atoms with Gasteiger partial charge < -0.3 is 25.2 Å². The van der Waals surface area contributed by atoms with Crippen LogP contribution < -0.4 is 10.6 Å². The van der Waals surface area contributed by atoms with Crippen LogP contribution in [0, 0.1) is 5.92 Å². The molecule has 1 heterocycles. The summed E-state index contributed by atoms with van der Waals surface area (Å²) in [6.45, 7) is 1.81. The highest BCUT2D eigenvalue weighted by Crippen LogP contribution is 2.44. The van der Waals surface area contributed by atoms with Crippen LogP contribution in [0.25, 0.3) is 11.1 Å². The molecular weight excluding hydrogens is 400 g/mol. The molecule has 1 aliphatic carbocycles. The number of nitrogens with one attached hydrogen (secondary N) is 2. The Bertz CT molecular complexity index is 962. The number of carboxylic acid groups (broad SMARTS) is 1. The third-order valence-corrected chi connectivity index (χ3v) is 5.79. The lowest BCUT2D eigenvalue weighted by atomic mass is 9.98. The average molecular weight is 424 g/mol. The molecular formula is C23H24N2O6. The van der Waals surface area contributed by atoms with Crippen LogP contribution in [0.4, 0.5) is 4.79 Å². The van der Waals surface area contributed by atoms with Crippen LogP contribution in [-0.2, 0) is 19.1 Å². The Morgan fingerprint density at radius 1 is 1.06 bits per heavy atom. The first kappa shape index (κ1) is 20.9. The molecule has 1 aliphatic heterocycles. The average Bonchev–Trinajstić information content (AvgIpc) is 3.34. The van der Waals surface area contributed by atoms with E-state index in [9.17, 15) is 14.4 Å². The van der Waals surface area contributed by atoms with Gasteiger partial charge in [-0.2, -0.15) is 0 Å². The summed E-state index contributed by atoms with van der Waals surface area (Å²) in [5.74, 6) is -2.35. The zero-order valence-corrected chi connectivity index (χ0v) is 17.0. The highest BCUT2D eigenvalue weighted by atomic mass is 16.5. The Hall–Kier alpha value is -3.39. The van der Waals surface area contributed by atoms with Crippen molar-refractivity contribution in [1.82, 2.24) is 10.6 Å². The number of hydrogen-bond donors (Lipinski definition) is 3. The third kappa shape index (κ3) is 4.25. The monoisotopic (exact) mass is 424 g/mol. The first-order valence-corrected chi connectivity index (χ1v) is 10.2. The number of rotatable bonds is 6. The largest absolute Gasteiger partial charge is 0.480 e. The second-order valence-corrected chi connectivity index (χ2v) is 7.79. The van der Waals surface area contributed by atoms with Crippen molar-refractivity contribution in [3.63, 3.8) is 0 Å². The van der Waals surface area contributed by atoms with Gasteiger partial charge in [-0.15, -0.1) is 0 Å². The first-order chi connectivity index (χ1) is 15.0. The van der Waals surface area contributed by atoms with Crippen LogP contribution in [0.5, 0.6) is 0 Å². The van der Waals surface area contributed by atoms with E-state index >= 15 is 0 Å². The van der Waals surface area contributed by atoms with E-state index in [1.807, 2.05) is 36.4 Å². The molecule has 0 bridgehead atoms. The second-order valence-electron chi connectivity index (χ2n) is 7.79. The molecule has 4 rings (SSSR count). The number of benzene rings is 2. The molecule has 3 N–H and O–H groups in total. The van der Waals surface area contributed by atoms with Gasteiger partial charge in [0.2, 0.25) is 5.91 Å². The maximum absolute atomic E-state index is 12.5. The van der Waals surface area contributed by atoms with E-state index in [2.05, 4.69) is 22.8 Å². The normalized spacial score (nSPS) is 20.4. The fourth-order valence-electron chi connectivity index (χ4n) is 4.13. The van der Waals surface area contributed by atoms with Crippen LogP contribution in [0.2, 0.25) is 0 Å². The lowest BCUT2D eigenvalue weighted by molar-refractivity contribution is -0.142.